The van der Waals surface area contributed by atoms with Gasteiger partial charge >= 0.3 is 5.97 Å². The number of pyridine rings is 1. The molecular formula is C16H18N2O3S. The Hall–Kier alpha value is -1.95. The van der Waals surface area contributed by atoms with Crippen LogP contribution >= 0.6 is 11.3 Å². The monoisotopic (exact) mass is 318 g/mol. The van der Waals surface area contributed by atoms with Crippen molar-refractivity contribution in [1.29, 1.82) is 0 Å². The number of hydrogen-bond acceptors (Lipinski definition) is 5. The minimum atomic E-state index is -0.384. The highest BCUT2D eigenvalue weighted by Gasteiger charge is 2.17. The van der Waals surface area contributed by atoms with Crippen LogP contribution in [0.5, 0.6) is 0 Å². The number of ether oxygens (including phenoxy) is 1. The molecule has 2 aromatic rings. The van der Waals surface area contributed by atoms with Crippen molar-refractivity contribution >= 4 is 33.4 Å². The molecule has 0 N–H and O–H groups in total. The lowest BCUT2D eigenvalue weighted by molar-refractivity contribution is -0.131. The Labute approximate surface area is 132 Å². The number of rotatable bonds is 4. The smallest absolute Gasteiger partial charge is 0.339 e. The highest BCUT2D eigenvalue weighted by Crippen LogP contribution is 2.19. The van der Waals surface area contributed by atoms with E-state index in [0.717, 1.165) is 36.0 Å². The van der Waals surface area contributed by atoms with E-state index in [1.54, 1.807) is 22.3 Å². The second-order valence-corrected chi connectivity index (χ2v) is 6.30. The van der Waals surface area contributed by atoms with Crippen LogP contribution in [0.2, 0.25) is 0 Å². The Bertz CT molecular complexity index is 683. The Kier molecular flexibility index (Phi) is 4.68. The van der Waals surface area contributed by atoms with Gasteiger partial charge in [0.1, 0.15) is 6.61 Å². The normalized spacial score (nSPS) is 15.8. The van der Waals surface area contributed by atoms with Crippen molar-refractivity contribution in [1.82, 2.24) is 9.88 Å². The zero-order valence-electron chi connectivity index (χ0n) is 12.3. The third-order valence-corrected chi connectivity index (χ3v) is 4.66. The average molecular weight is 318 g/mol. The molecule has 5 nitrogen and oxygen atoms in total. The average Bonchev–Trinajstić information content (AvgIpc) is 2.90. The minimum absolute atomic E-state index is 0.162. The van der Waals surface area contributed by atoms with E-state index in [1.165, 1.54) is 6.20 Å². The highest BCUT2D eigenvalue weighted by atomic mass is 32.1. The fraction of sp³-hybridized carbons (Fsp3) is 0.438. The van der Waals surface area contributed by atoms with E-state index in [2.05, 4.69) is 4.98 Å². The zero-order chi connectivity index (χ0) is 15.4. The third kappa shape index (κ3) is 3.44. The van der Waals surface area contributed by atoms with Crippen LogP contribution in [-0.2, 0) is 9.53 Å². The van der Waals surface area contributed by atoms with Gasteiger partial charge in [-0.25, -0.2) is 4.79 Å². The van der Waals surface area contributed by atoms with E-state index in [4.69, 9.17) is 4.74 Å². The van der Waals surface area contributed by atoms with Crippen molar-refractivity contribution < 1.29 is 14.3 Å². The van der Waals surface area contributed by atoms with Crippen molar-refractivity contribution in [3.8, 4) is 0 Å². The molecule has 0 atom stereocenters. The molecule has 22 heavy (non-hydrogen) atoms. The summed E-state index contributed by atoms with van der Waals surface area (Å²) in [6.07, 6.45) is 5.22. The number of carbonyl (C=O) groups is 2. The van der Waals surface area contributed by atoms with Gasteiger partial charge in [-0.05, 0) is 30.4 Å². The summed E-state index contributed by atoms with van der Waals surface area (Å²) in [6.45, 7) is 1.46. The standard InChI is InChI=1S/C16H18N2O3S/c19-15-4-2-1-3-6-18(15)7-8-21-16(20)12-10-14-13(17-11-12)5-9-22-14/h5,9-11H,1-4,6-8H2. The Balaban J connectivity index is 1.54. The second-order valence-electron chi connectivity index (χ2n) is 5.36. The number of fused-ring (bicyclic) bond motifs is 1. The minimum Gasteiger partial charge on any atom is -0.460 e. The molecule has 0 radical (unpaired) electrons. The van der Waals surface area contributed by atoms with Gasteiger partial charge in [0.05, 0.1) is 22.3 Å². The molecule has 1 aliphatic rings. The Morgan fingerprint density at radius 2 is 2.27 bits per heavy atom. The fourth-order valence-electron chi connectivity index (χ4n) is 2.56. The number of hydrogen-bond donors (Lipinski definition) is 0. The van der Waals surface area contributed by atoms with Gasteiger partial charge in [0.15, 0.2) is 0 Å². The summed E-state index contributed by atoms with van der Waals surface area (Å²) in [5.41, 5.74) is 1.34. The summed E-state index contributed by atoms with van der Waals surface area (Å²) in [5, 5.41) is 1.94. The van der Waals surface area contributed by atoms with E-state index < -0.39 is 0 Å². The summed E-state index contributed by atoms with van der Waals surface area (Å²) in [7, 11) is 0. The van der Waals surface area contributed by atoms with Gasteiger partial charge in [-0.3, -0.25) is 9.78 Å². The molecule has 1 amide bonds. The van der Waals surface area contributed by atoms with Crippen LogP contribution in [-0.4, -0.2) is 41.5 Å². The fourth-order valence-corrected chi connectivity index (χ4v) is 3.35. The maximum absolute atomic E-state index is 12.0. The number of carbonyl (C=O) groups excluding carboxylic acids is 2. The largest absolute Gasteiger partial charge is 0.460 e. The number of esters is 1. The molecule has 0 saturated carbocycles. The first-order valence-electron chi connectivity index (χ1n) is 7.52. The second kappa shape index (κ2) is 6.87. The topological polar surface area (TPSA) is 59.5 Å². The van der Waals surface area contributed by atoms with Gasteiger partial charge in [-0.2, -0.15) is 0 Å². The lowest BCUT2D eigenvalue weighted by atomic mass is 10.2. The third-order valence-electron chi connectivity index (χ3n) is 3.80. The van der Waals surface area contributed by atoms with Crippen LogP contribution in [0, 0.1) is 0 Å². The maximum atomic E-state index is 12.0. The summed E-state index contributed by atoms with van der Waals surface area (Å²) in [6, 6.07) is 3.71. The molecule has 1 fully saturated rings. The van der Waals surface area contributed by atoms with Crippen LogP contribution in [0.4, 0.5) is 0 Å². The van der Waals surface area contributed by atoms with Crippen molar-refractivity contribution in [3.05, 3.63) is 29.3 Å². The number of thiophene rings is 1. The van der Waals surface area contributed by atoms with Crippen molar-refractivity contribution in [2.75, 3.05) is 19.7 Å². The van der Waals surface area contributed by atoms with Crippen LogP contribution in [0.3, 0.4) is 0 Å². The molecular weight excluding hydrogens is 300 g/mol. The lowest BCUT2D eigenvalue weighted by Crippen LogP contribution is -2.33. The van der Waals surface area contributed by atoms with Gasteiger partial charge in [-0.1, -0.05) is 6.42 Å². The van der Waals surface area contributed by atoms with E-state index in [9.17, 15) is 9.59 Å². The lowest BCUT2D eigenvalue weighted by Gasteiger charge is -2.20. The first-order valence-corrected chi connectivity index (χ1v) is 8.40. The first-order chi connectivity index (χ1) is 10.7. The Morgan fingerprint density at radius 3 is 3.18 bits per heavy atom. The van der Waals surface area contributed by atoms with Gasteiger partial charge in [-0.15, -0.1) is 11.3 Å². The molecule has 0 spiro atoms. The molecule has 1 saturated heterocycles. The van der Waals surface area contributed by atoms with Crippen molar-refractivity contribution in [2.24, 2.45) is 0 Å². The van der Waals surface area contributed by atoms with Crippen molar-refractivity contribution in [3.63, 3.8) is 0 Å². The van der Waals surface area contributed by atoms with Crippen LogP contribution in [0.1, 0.15) is 36.0 Å². The SMILES string of the molecule is O=C(OCCN1CCCCCC1=O)c1cnc2ccsc2c1. The summed E-state index contributed by atoms with van der Waals surface area (Å²) < 4.78 is 6.25. The number of likely N-dealkylation sites (tertiary alicyclic amines) is 1. The van der Waals surface area contributed by atoms with E-state index in [1.807, 2.05) is 11.4 Å². The molecule has 2 aromatic heterocycles. The van der Waals surface area contributed by atoms with Gasteiger partial charge < -0.3 is 9.64 Å². The zero-order valence-corrected chi connectivity index (χ0v) is 13.1. The van der Waals surface area contributed by atoms with Gasteiger partial charge in [0.25, 0.3) is 0 Å². The van der Waals surface area contributed by atoms with Gasteiger partial charge in [0, 0.05) is 19.2 Å². The number of nitrogens with zero attached hydrogens (tertiary/aromatic N) is 2. The summed E-state index contributed by atoms with van der Waals surface area (Å²) in [4.78, 5) is 29.9. The highest BCUT2D eigenvalue weighted by molar-refractivity contribution is 7.17. The molecule has 3 rings (SSSR count). The maximum Gasteiger partial charge on any atom is 0.339 e. The summed E-state index contributed by atoms with van der Waals surface area (Å²) >= 11 is 1.54. The summed E-state index contributed by atoms with van der Waals surface area (Å²) in [5.74, 6) is -0.222. The van der Waals surface area contributed by atoms with E-state index >= 15 is 0 Å². The quantitative estimate of drug-likeness (QED) is 0.813. The van der Waals surface area contributed by atoms with Gasteiger partial charge in [0.2, 0.25) is 5.91 Å². The van der Waals surface area contributed by atoms with E-state index in [0.29, 0.717) is 18.5 Å². The molecule has 1 aliphatic heterocycles. The molecule has 3 heterocycles. The molecule has 0 aliphatic carbocycles. The molecule has 0 unspecified atom stereocenters. The first kappa shape index (κ1) is 15.0. The van der Waals surface area contributed by atoms with E-state index in [-0.39, 0.29) is 18.5 Å². The Morgan fingerprint density at radius 1 is 1.36 bits per heavy atom. The van der Waals surface area contributed by atoms with Crippen LogP contribution < -0.4 is 0 Å². The number of amides is 1. The predicted octanol–water partition coefficient (Wildman–Crippen LogP) is 2.86. The van der Waals surface area contributed by atoms with Crippen LogP contribution in [0.15, 0.2) is 23.7 Å². The predicted molar refractivity (Wildman–Crippen MR) is 85.0 cm³/mol. The number of aromatic nitrogens is 1. The van der Waals surface area contributed by atoms with Crippen LogP contribution in [0.25, 0.3) is 10.2 Å². The molecule has 0 bridgehead atoms. The molecule has 0 aromatic carbocycles. The molecule has 116 valence electrons. The van der Waals surface area contributed by atoms with Crippen molar-refractivity contribution in [2.45, 2.75) is 25.7 Å². The molecule has 6 heteroatoms.